The first-order chi connectivity index (χ1) is 5.13. The van der Waals surface area contributed by atoms with Crippen LogP contribution < -0.4 is 5.73 Å². The van der Waals surface area contributed by atoms with Crippen LogP contribution in [0.1, 0.15) is 27.2 Å². The summed E-state index contributed by atoms with van der Waals surface area (Å²) in [5.74, 6) is -0.0871. The fourth-order valence-corrected chi connectivity index (χ4v) is 0.725. The monoisotopic (exact) mass is 195 g/mol. The van der Waals surface area contributed by atoms with Crippen molar-refractivity contribution in [3.8, 4) is 0 Å². The van der Waals surface area contributed by atoms with E-state index in [1.165, 1.54) is 0 Å². The number of halogens is 1. The van der Waals surface area contributed by atoms with E-state index in [0.717, 1.165) is 6.42 Å². The largest absolute Gasteiger partial charge is 0.465 e. The lowest BCUT2D eigenvalue weighted by Gasteiger charge is -2.15. The zero-order valence-corrected chi connectivity index (χ0v) is 8.69. The van der Waals surface area contributed by atoms with Gasteiger partial charge >= 0.3 is 5.97 Å². The molecule has 4 heteroatoms. The van der Waals surface area contributed by atoms with Crippen molar-refractivity contribution in [2.45, 2.75) is 33.2 Å². The van der Waals surface area contributed by atoms with Gasteiger partial charge in [0.15, 0.2) is 0 Å². The highest BCUT2D eigenvalue weighted by Crippen LogP contribution is 2.06. The second-order valence-electron chi connectivity index (χ2n) is 2.66. The molecule has 0 aromatic carbocycles. The number of hydrogen-bond donors (Lipinski definition) is 1. The number of carbonyl (C=O) groups is 1. The highest BCUT2D eigenvalue weighted by Gasteiger charge is 2.19. The molecule has 0 amide bonds. The average molecular weight is 196 g/mol. The molecule has 12 heavy (non-hydrogen) atoms. The molecule has 2 atom stereocenters. The minimum absolute atomic E-state index is 0. The first-order valence-electron chi connectivity index (χ1n) is 4.05. The van der Waals surface area contributed by atoms with E-state index in [4.69, 9.17) is 10.5 Å². The molecule has 0 spiro atoms. The van der Waals surface area contributed by atoms with Crippen molar-refractivity contribution >= 4 is 18.4 Å². The highest BCUT2D eigenvalue weighted by atomic mass is 35.5. The lowest BCUT2D eigenvalue weighted by Crippen LogP contribution is -2.37. The molecular weight excluding hydrogens is 178 g/mol. The lowest BCUT2D eigenvalue weighted by atomic mass is 10.0. The Hall–Kier alpha value is -0.280. The third-order valence-corrected chi connectivity index (χ3v) is 1.82. The van der Waals surface area contributed by atoms with E-state index in [1.54, 1.807) is 6.92 Å². The molecule has 0 fully saturated rings. The minimum atomic E-state index is -0.458. The predicted molar refractivity (Wildman–Crippen MR) is 51.3 cm³/mol. The van der Waals surface area contributed by atoms with E-state index in [1.807, 2.05) is 13.8 Å². The van der Waals surface area contributed by atoms with Crippen LogP contribution in [0.25, 0.3) is 0 Å². The van der Waals surface area contributed by atoms with Crippen LogP contribution in [0.3, 0.4) is 0 Å². The Labute approximate surface area is 80.1 Å². The molecule has 1 unspecified atom stereocenters. The quantitative estimate of drug-likeness (QED) is 0.689. The van der Waals surface area contributed by atoms with Gasteiger partial charge in [0.25, 0.3) is 0 Å². The van der Waals surface area contributed by atoms with Crippen molar-refractivity contribution in [3.05, 3.63) is 0 Å². The van der Waals surface area contributed by atoms with Crippen LogP contribution in [0.2, 0.25) is 0 Å². The second-order valence-corrected chi connectivity index (χ2v) is 2.66. The van der Waals surface area contributed by atoms with Gasteiger partial charge < -0.3 is 10.5 Å². The standard InChI is InChI=1S/C8H17NO2.ClH/c1-4-6(3)7(9)8(10)11-5-2;/h6-7H,4-5,9H2,1-3H3;1H/t6?,7-;/m0./s1. The van der Waals surface area contributed by atoms with Gasteiger partial charge in [-0.25, -0.2) is 0 Å². The van der Waals surface area contributed by atoms with Crippen molar-refractivity contribution in [1.29, 1.82) is 0 Å². The molecule has 0 aliphatic heterocycles. The molecule has 74 valence electrons. The molecule has 0 rings (SSSR count). The summed E-state index contributed by atoms with van der Waals surface area (Å²) in [4.78, 5) is 11.0. The molecule has 0 aliphatic rings. The van der Waals surface area contributed by atoms with E-state index in [2.05, 4.69) is 0 Å². The number of hydrogen-bond acceptors (Lipinski definition) is 3. The number of carbonyl (C=O) groups excluding carboxylic acids is 1. The van der Waals surface area contributed by atoms with Gasteiger partial charge in [-0.15, -0.1) is 12.4 Å². The molecule has 0 bridgehead atoms. The molecule has 0 heterocycles. The Bertz CT molecular complexity index is 130. The van der Waals surface area contributed by atoms with Crippen LogP contribution in [0.4, 0.5) is 0 Å². The first-order valence-corrected chi connectivity index (χ1v) is 4.05. The number of nitrogens with two attached hydrogens (primary N) is 1. The van der Waals surface area contributed by atoms with Crippen LogP contribution in [0.5, 0.6) is 0 Å². The van der Waals surface area contributed by atoms with E-state index >= 15 is 0 Å². The maximum atomic E-state index is 11.0. The van der Waals surface area contributed by atoms with Gasteiger partial charge in [0, 0.05) is 0 Å². The van der Waals surface area contributed by atoms with Crippen molar-refractivity contribution < 1.29 is 9.53 Å². The second kappa shape index (κ2) is 7.37. The Morgan fingerprint density at radius 2 is 2.00 bits per heavy atom. The summed E-state index contributed by atoms with van der Waals surface area (Å²) < 4.78 is 4.76. The van der Waals surface area contributed by atoms with Crippen molar-refractivity contribution in [2.75, 3.05) is 6.61 Å². The van der Waals surface area contributed by atoms with E-state index in [-0.39, 0.29) is 24.3 Å². The number of esters is 1. The zero-order valence-electron chi connectivity index (χ0n) is 7.87. The molecule has 0 saturated heterocycles. The van der Waals surface area contributed by atoms with E-state index in [9.17, 15) is 4.79 Å². The fourth-order valence-electron chi connectivity index (χ4n) is 0.725. The smallest absolute Gasteiger partial charge is 0.323 e. The molecular formula is C8H18ClNO2. The van der Waals surface area contributed by atoms with Gasteiger partial charge in [-0.3, -0.25) is 4.79 Å². The van der Waals surface area contributed by atoms with Gasteiger partial charge in [0.1, 0.15) is 6.04 Å². The van der Waals surface area contributed by atoms with Crippen LogP contribution in [-0.4, -0.2) is 18.6 Å². The Morgan fingerprint density at radius 3 is 2.33 bits per heavy atom. The van der Waals surface area contributed by atoms with E-state index in [0.29, 0.717) is 6.61 Å². The summed E-state index contributed by atoms with van der Waals surface area (Å²) in [6.07, 6.45) is 0.903. The number of rotatable bonds is 4. The molecule has 0 aromatic rings. The van der Waals surface area contributed by atoms with Crippen LogP contribution in [0, 0.1) is 5.92 Å². The van der Waals surface area contributed by atoms with Gasteiger partial charge in [0.05, 0.1) is 6.61 Å². The Morgan fingerprint density at radius 1 is 1.50 bits per heavy atom. The molecule has 0 aromatic heterocycles. The molecule has 2 N–H and O–H groups in total. The van der Waals surface area contributed by atoms with Crippen molar-refractivity contribution in [1.82, 2.24) is 0 Å². The lowest BCUT2D eigenvalue weighted by molar-refractivity contribution is -0.145. The molecule has 3 nitrogen and oxygen atoms in total. The summed E-state index contributed by atoms with van der Waals surface area (Å²) in [6.45, 7) is 6.13. The average Bonchev–Trinajstić information content (AvgIpc) is 2.02. The van der Waals surface area contributed by atoms with Gasteiger partial charge in [0.2, 0.25) is 0 Å². The normalized spacial score (nSPS) is 14.3. The van der Waals surface area contributed by atoms with Gasteiger partial charge in [-0.2, -0.15) is 0 Å². The summed E-state index contributed by atoms with van der Waals surface area (Å²) >= 11 is 0. The third-order valence-electron chi connectivity index (χ3n) is 1.82. The highest BCUT2D eigenvalue weighted by molar-refractivity contribution is 5.85. The minimum Gasteiger partial charge on any atom is -0.465 e. The van der Waals surface area contributed by atoms with Crippen molar-refractivity contribution in [2.24, 2.45) is 11.7 Å². The maximum Gasteiger partial charge on any atom is 0.323 e. The molecule has 0 saturated carbocycles. The topological polar surface area (TPSA) is 52.3 Å². The molecule has 0 radical (unpaired) electrons. The predicted octanol–water partition coefficient (Wildman–Crippen LogP) is 1.34. The molecule has 0 aliphatic carbocycles. The number of ether oxygens (including phenoxy) is 1. The summed E-state index contributed by atoms with van der Waals surface area (Å²) in [5.41, 5.74) is 5.58. The van der Waals surface area contributed by atoms with Gasteiger partial charge in [-0.05, 0) is 12.8 Å². The zero-order chi connectivity index (χ0) is 8.85. The van der Waals surface area contributed by atoms with Gasteiger partial charge in [-0.1, -0.05) is 20.3 Å². The SMILES string of the molecule is CCOC(=O)[C@@H](N)C(C)CC.Cl. The van der Waals surface area contributed by atoms with Crippen molar-refractivity contribution in [3.63, 3.8) is 0 Å². The summed E-state index contributed by atoms with van der Waals surface area (Å²) in [6, 6.07) is -0.458. The fraction of sp³-hybridized carbons (Fsp3) is 0.875. The van der Waals surface area contributed by atoms with E-state index < -0.39 is 6.04 Å². The first kappa shape index (κ1) is 14.3. The third kappa shape index (κ3) is 4.57. The summed E-state index contributed by atoms with van der Waals surface area (Å²) in [7, 11) is 0. The van der Waals surface area contributed by atoms with Crippen LogP contribution in [0.15, 0.2) is 0 Å². The Kier molecular flexibility index (Phi) is 8.76. The Balaban J connectivity index is 0. The van der Waals surface area contributed by atoms with Crippen LogP contribution in [-0.2, 0) is 9.53 Å². The summed E-state index contributed by atoms with van der Waals surface area (Å²) in [5, 5.41) is 0. The maximum absolute atomic E-state index is 11.0. The van der Waals surface area contributed by atoms with Crippen LogP contribution >= 0.6 is 12.4 Å².